The van der Waals surface area contributed by atoms with Crippen molar-refractivity contribution in [3.05, 3.63) is 11.1 Å². The fourth-order valence-electron chi connectivity index (χ4n) is 2.54. The minimum absolute atomic E-state index is 0.249. The van der Waals surface area contributed by atoms with Crippen LogP contribution in [0.4, 0.5) is 0 Å². The zero-order chi connectivity index (χ0) is 12.3. The standard InChI is InChI=1S/C13H17NO2S/c1-16-13(15)11(9-14)10-5-4-6-12(10)17-7-2-3-8-17/h2-8H2,1H3. The van der Waals surface area contributed by atoms with Crippen molar-refractivity contribution in [3.63, 3.8) is 0 Å². The molecule has 2 rings (SSSR count). The topological polar surface area (TPSA) is 50.1 Å². The highest BCUT2D eigenvalue weighted by molar-refractivity contribution is 8.16. The number of ether oxygens (including phenoxy) is 1. The number of carbonyl (C=O) groups excluding carboxylic acids is 1. The van der Waals surface area contributed by atoms with Gasteiger partial charge in [-0.1, -0.05) is 0 Å². The lowest BCUT2D eigenvalue weighted by atomic mass is 10.1. The molecule has 0 atom stereocenters. The Balaban J connectivity index is 2.42. The van der Waals surface area contributed by atoms with Gasteiger partial charge in [0.1, 0.15) is 11.6 Å². The molecule has 0 amide bonds. The summed E-state index contributed by atoms with van der Waals surface area (Å²) in [5, 5.41) is 9.13. The maximum Gasteiger partial charge on any atom is 0.348 e. The molecular weight excluding hydrogens is 234 g/mol. The van der Waals surface area contributed by atoms with Crippen molar-refractivity contribution in [2.24, 2.45) is 0 Å². The summed E-state index contributed by atoms with van der Waals surface area (Å²) in [5.74, 6) is 2.03. The van der Waals surface area contributed by atoms with Gasteiger partial charge in [0.05, 0.1) is 7.11 Å². The van der Waals surface area contributed by atoms with E-state index in [0.29, 0.717) is 10.5 Å². The molecule has 1 aliphatic carbocycles. The van der Waals surface area contributed by atoms with Crippen molar-refractivity contribution in [3.8, 4) is 6.07 Å². The van der Waals surface area contributed by atoms with Gasteiger partial charge in [-0.05, 0) is 54.0 Å². The second kappa shape index (κ2) is 5.50. The van der Waals surface area contributed by atoms with Crippen molar-refractivity contribution in [2.45, 2.75) is 32.1 Å². The summed E-state index contributed by atoms with van der Waals surface area (Å²) >= 11 is 0. The SMILES string of the molecule is COC(=O)C(C#N)=C1CCCC1=S1CCCC1. The Bertz CT molecular complexity index is 435. The normalized spacial score (nSPS) is 23.6. The summed E-state index contributed by atoms with van der Waals surface area (Å²) in [5.41, 5.74) is 1.25. The molecule has 0 bridgehead atoms. The van der Waals surface area contributed by atoms with Crippen LogP contribution in [-0.2, 0) is 9.53 Å². The Morgan fingerprint density at radius 2 is 2.00 bits per heavy atom. The maximum atomic E-state index is 11.6. The summed E-state index contributed by atoms with van der Waals surface area (Å²) in [7, 11) is 1.67. The minimum Gasteiger partial charge on any atom is -0.465 e. The number of hydrogen-bond donors (Lipinski definition) is 0. The molecule has 2 aliphatic rings. The monoisotopic (exact) mass is 251 g/mol. The van der Waals surface area contributed by atoms with E-state index >= 15 is 0 Å². The first-order valence-corrected chi connectivity index (χ1v) is 7.59. The lowest BCUT2D eigenvalue weighted by molar-refractivity contribution is -0.135. The van der Waals surface area contributed by atoms with Crippen LogP contribution >= 0.6 is 10.5 Å². The van der Waals surface area contributed by atoms with E-state index < -0.39 is 5.97 Å². The van der Waals surface area contributed by atoms with E-state index in [-0.39, 0.29) is 5.57 Å². The largest absolute Gasteiger partial charge is 0.465 e. The molecule has 1 saturated heterocycles. The molecule has 0 aromatic heterocycles. The molecule has 0 unspecified atom stereocenters. The molecule has 0 aromatic carbocycles. The molecule has 0 aromatic rings. The van der Waals surface area contributed by atoms with Gasteiger partial charge in [-0.25, -0.2) is 4.79 Å². The molecule has 4 heteroatoms. The van der Waals surface area contributed by atoms with Crippen LogP contribution in [0.3, 0.4) is 0 Å². The Hall–Kier alpha value is -1.08. The molecule has 2 fully saturated rings. The summed E-state index contributed by atoms with van der Waals surface area (Å²) in [6, 6.07) is 2.04. The van der Waals surface area contributed by atoms with Crippen LogP contribution in [0.2, 0.25) is 0 Å². The number of carbonyl (C=O) groups is 1. The van der Waals surface area contributed by atoms with Crippen LogP contribution in [0.1, 0.15) is 32.1 Å². The van der Waals surface area contributed by atoms with Crippen LogP contribution in [0, 0.1) is 11.3 Å². The molecule has 0 N–H and O–H groups in total. The van der Waals surface area contributed by atoms with E-state index in [2.05, 4.69) is 0 Å². The van der Waals surface area contributed by atoms with Gasteiger partial charge in [-0.2, -0.15) is 15.7 Å². The van der Waals surface area contributed by atoms with Crippen molar-refractivity contribution in [1.82, 2.24) is 0 Å². The summed E-state index contributed by atoms with van der Waals surface area (Å²) < 4.78 is 4.70. The van der Waals surface area contributed by atoms with Crippen LogP contribution in [0.5, 0.6) is 0 Å². The van der Waals surface area contributed by atoms with Crippen LogP contribution in [0.15, 0.2) is 11.1 Å². The smallest absolute Gasteiger partial charge is 0.348 e. The summed E-state index contributed by atoms with van der Waals surface area (Å²) in [4.78, 5) is 13.0. The van der Waals surface area contributed by atoms with Crippen molar-refractivity contribution in [2.75, 3.05) is 18.6 Å². The Morgan fingerprint density at radius 1 is 1.29 bits per heavy atom. The van der Waals surface area contributed by atoms with E-state index in [0.717, 1.165) is 24.8 Å². The van der Waals surface area contributed by atoms with E-state index in [1.807, 2.05) is 6.07 Å². The Labute approximate surface area is 104 Å². The van der Waals surface area contributed by atoms with Crippen molar-refractivity contribution < 1.29 is 9.53 Å². The molecular formula is C13H17NO2S. The molecule has 92 valence electrons. The first-order valence-electron chi connectivity index (χ1n) is 6.03. The quantitative estimate of drug-likeness (QED) is 0.311. The van der Waals surface area contributed by atoms with Gasteiger partial charge < -0.3 is 4.74 Å². The van der Waals surface area contributed by atoms with Gasteiger partial charge in [0.25, 0.3) is 0 Å². The first-order chi connectivity index (χ1) is 8.27. The predicted octanol–water partition coefficient (Wildman–Crippen LogP) is 2.40. The molecule has 0 radical (unpaired) electrons. The average molecular weight is 251 g/mol. The van der Waals surface area contributed by atoms with Crippen molar-refractivity contribution >= 4 is 21.3 Å². The number of nitrogens with zero attached hydrogens (tertiary/aromatic N) is 1. The average Bonchev–Trinajstić information content (AvgIpc) is 2.99. The fourth-order valence-corrected chi connectivity index (χ4v) is 5.33. The maximum absolute atomic E-state index is 11.6. The van der Waals surface area contributed by atoms with E-state index in [1.54, 1.807) is 0 Å². The highest BCUT2D eigenvalue weighted by Gasteiger charge is 2.26. The van der Waals surface area contributed by atoms with Gasteiger partial charge in [-0.15, -0.1) is 0 Å². The van der Waals surface area contributed by atoms with Gasteiger partial charge in [0.15, 0.2) is 0 Å². The number of allylic oxidation sites excluding steroid dienone is 1. The highest BCUT2D eigenvalue weighted by atomic mass is 32.2. The van der Waals surface area contributed by atoms with Gasteiger partial charge in [-0.3, -0.25) is 0 Å². The van der Waals surface area contributed by atoms with E-state index in [1.165, 1.54) is 36.3 Å². The summed E-state index contributed by atoms with van der Waals surface area (Å²) in [6.07, 6.45) is 5.60. The van der Waals surface area contributed by atoms with E-state index in [9.17, 15) is 4.79 Å². The Morgan fingerprint density at radius 3 is 2.59 bits per heavy atom. The highest BCUT2D eigenvalue weighted by Crippen LogP contribution is 2.37. The zero-order valence-electron chi connectivity index (χ0n) is 10.1. The third kappa shape index (κ3) is 2.44. The second-order valence-electron chi connectivity index (χ2n) is 4.34. The third-order valence-corrected chi connectivity index (χ3v) is 6.06. The van der Waals surface area contributed by atoms with Gasteiger partial charge in [0.2, 0.25) is 0 Å². The summed E-state index contributed by atoms with van der Waals surface area (Å²) in [6.45, 7) is 0. The molecule has 1 aliphatic heterocycles. The molecule has 1 heterocycles. The van der Waals surface area contributed by atoms with Crippen molar-refractivity contribution in [1.29, 1.82) is 5.26 Å². The molecule has 0 spiro atoms. The molecule has 1 saturated carbocycles. The first kappa shape index (κ1) is 12.4. The third-order valence-electron chi connectivity index (χ3n) is 3.35. The zero-order valence-corrected chi connectivity index (χ0v) is 10.9. The van der Waals surface area contributed by atoms with Crippen LogP contribution < -0.4 is 0 Å². The van der Waals surface area contributed by atoms with E-state index in [4.69, 9.17) is 10.00 Å². The number of rotatable bonds is 1. The number of hydrogen-bond acceptors (Lipinski definition) is 3. The lowest BCUT2D eigenvalue weighted by Crippen LogP contribution is -2.09. The number of methoxy groups -OCH3 is 1. The predicted molar refractivity (Wildman–Crippen MR) is 70.1 cm³/mol. The number of esters is 1. The lowest BCUT2D eigenvalue weighted by Gasteiger charge is -2.09. The molecule has 3 nitrogen and oxygen atoms in total. The van der Waals surface area contributed by atoms with Crippen LogP contribution in [-0.4, -0.2) is 29.4 Å². The Kier molecular flexibility index (Phi) is 4.01. The second-order valence-corrected chi connectivity index (χ2v) is 6.64. The van der Waals surface area contributed by atoms with Gasteiger partial charge in [0, 0.05) is 0 Å². The van der Waals surface area contributed by atoms with Crippen LogP contribution in [0.25, 0.3) is 0 Å². The molecule has 17 heavy (non-hydrogen) atoms. The van der Waals surface area contributed by atoms with Gasteiger partial charge >= 0.3 is 5.97 Å². The minimum atomic E-state index is -0.468. The number of nitriles is 1. The fraction of sp³-hybridized carbons (Fsp3) is 0.615.